The summed E-state index contributed by atoms with van der Waals surface area (Å²) in [5, 5.41) is 1.000. The number of nitrogens with zero attached hydrogens (tertiary/aromatic N) is 4. The first-order valence-corrected chi connectivity index (χ1v) is 29.6. The fourth-order valence-electron chi connectivity index (χ4n) is 13.6. The van der Waals surface area contributed by atoms with Gasteiger partial charge in [0.1, 0.15) is 5.82 Å². The van der Waals surface area contributed by atoms with Crippen molar-refractivity contribution in [3.63, 3.8) is 0 Å². The molecule has 6 heteroatoms. The van der Waals surface area contributed by atoms with Gasteiger partial charge < -0.3 is 19.1 Å². The minimum absolute atomic E-state index is 0. The molecule has 10 aromatic carbocycles. The molecule has 0 bridgehead atoms. The Morgan fingerprint density at radius 3 is 1.79 bits per heavy atom. The zero-order chi connectivity index (χ0) is 61.6. The molecule has 0 fully saturated rings. The van der Waals surface area contributed by atoms with Gasteiger partial charge >= 0.3 is 0 Å². The average molecular weight is 1300 g/mol. The van der Waals surface area contributed by atoms with Gasteiger partial charge in [0.05, 0.1) is 10.9 Å². The van der Waals surface area contributed by atoms with Crippen molar-refractivity contribution in [1.29, 1.82) is 0 Å². The zero-order valence-corrected chi connectivity index (χ0v) is 52.1. The van der Waals surface area contributed by atoms with Crippen LogP contribution in [0.4, 0.5) is 22.7 Å². The minimum Gasteiger partial charge on any atom is -0.509 e. The molecule has 86 heavy (non-hydrogen) atoms. The maximum Gasteiger partial charge on any atom is 0.135 e. The van der Waals surface area contributed by atoms with E-state index >= 15 is 0 Å². The molecule has 0 atom stereocenters. The van der Waals surface area contributed by atoms with E-state index in [4.69, 9.17) is 15.2 Å². The molecule has 426 valence electrons. The Labute approximate surface area is 526 Å². The van der Waals surface area contributed by atoms with Crippen LogP contribution in [0.5, 0.6) is 11.5 Å². The Balaban J connectivity index is 0.00000707. The van der Waals surface area contributed by atoms with Gasteiger partial charge in [0.2, 0.25) is 0 Å². The van der Waals surface area contributed by atoms with Crippen molar-refractivity contribution in [2.45, 2.75) is 90.4 Å². The number of anilines is 4. The van der Waals surface area contributed by atoms with E-state index in [1.165, 1.54) is 55.6 Å². The Morgan fingerprint density at radius 2 is 1.09 bits per heavy atom. The third kappa shape index (κ3) is 8.79. The summed E-state index contributed by atoms with van der Waals surface area (Å²) < 4.78 is 44.1. The molecule has 15 rings (SSSR count). The van der Waals surface area contributed by atoms with Crippen LogP contribution in [-0.4, -0.2) is 9.55 Å². The molecule has 2 aromatic heterocycles. The molecule has 0 amide bonds. The summed E-state index contributed by atoms with van der Waals surface area (Å²) in [6, 6.07) is 76.7. The molecule has 0 saturated carbocycles. The van der Waals surface area contributed by atoms with Crippen LogP contribution in [0.3, 0.4) is 0 Å². The molecule has 12 aromatic rings. The van der Waals surface area contributed by atoms with E-state index in [0.29, 0.717) is 39.1 Å². The third-order valence-electron chi connectivity index (χ3n) is 17.8. The van der Waals surface area contributed by atoms with E-state index in [2.05, 4.69) is 249 Å². The van der Waals surface area contributed by atoms with Crippen LogP contribution in [0.1, 0.15) is 118 Å². The number of pyridine rings is 1. The third-order valence-corrected chi connectivity index (χ3v) is 17.8. The first-order valence-electron chi connectivity index (χ1n) is 31.6. The second-order valence-electron chi connectivity index (χ2n) is 26.2. The van der Waals surface area contributed by atoms with Gasteiger partial charge in [-0.3, -0.25) is 0 Å². The summed E-state index contributed by atoms with van der Waals surface area (Å²) in [6.45, 7) is 22.4. The summed E-state index contributed by atoms with van der Waals surface area (Å²) in [5.41, 5.74) is 22.2. The maximum absolute atomic E-state index is 9.16. The van der Waals surface area contributed by atoms with Crippen molar-refractivity contribution in [2.75, 3.05) is 9.80 Å². The molecule has 0 unspecified atom stereocenters. The molecule has 3 aliphatic rings. The fraction of sp³-hybridized carbons (Fsp3) is 0.175. The van der Waals surface area contributed by atoms with E-state index in [1.54, 1.807) is 10.6 Å². The fourth-order valence-corrected chi connectivity index (χ4v) is 13.6. The van der Waals surface area contributed by atoms with Gasteiger partial charge in [-0.1, -0.05) is 232 Å². The first-order chi connectivity index (χ1) is 42.7. The predicted molar refractivity (Wildman–Crippen MR) is 351 cm³/mol. The molecule has 0 radical (unpaired) electrons. The van der Waals surface area contributed by atoms with Gasteiger partial charge in [0.25, 0.3) is 0 Å². The van der Waals surface area contributed by atoms with E-state index < -0.39 is 5.41 Å². The smallest absolute Gasteiger partial charge is 0.135 e. The number of hydrogen-bond acceptors (Lipinski definition) is 4. The minimum atomic E-state index is -0.535. The molecule has 0 saturated heterocycles. The predicted octanol–water partition coefficient (Wildman–Crippen LogP) is 20.5. The molecule has 3 heterocycles. The Bertz CT molecular complexity index is 4830. The standard InChI is InChI=1S/C80H67N4O.Pt/c1-77(2,3)54-39-42-74(81-49-54)84-70-36-17-13-27-61(70)62-41-40-59(48-73(62)84)85-58-26-20-25-57(47-58)82-50-83(72-38-19-18-37-71(72)82)76-60(53-44-55(78(4,5)6)46-56(45-53)79(7,8)9)29-21-31-64(76)63-30-22-35-69-75(63)65-28-12-16-34-68(65)80(69)66-32-14-10-23-51(66)43-52-24-11-15-33-67(52)80;/h10-42,44-46,49-50H,43H2,1-9H3;/q-3;/i13D,17D,27D,36D;. The molecular weight excluding hydrogens is 1230 g/mol. The number of hydrogen-bond donors (Lipinski definition) is 0. The monoisotopic (exact) mass is 1300 g/mol. The first kappa shape index (κ1) is 50.6. The average Bonchev–Trinajstić information content (AvgIpc) is 1.49. The van der Waals surface area contributed by atoms with E-state index in [-0.39, 0.29) is 61.5 Å². The summed E-state index contributed by atoms with van der Waals surface area (Å²) in [4.78, 5) is 9.47. The van der Waals surface area contributed by atoms with Crippen LogP contribution < -0.4 is 14.5 Å². The van der Waals surface area contributed by atoms with Crippen LogP contribution in [0.25, 0.3) is 61.0 Å². The number of benzene rings is 10. The molecule has 5 nitrogen and oxygen atoms in total. The normalized spacial score (nSPS) is 14.6. The van der Waals surface area contributed by atoms with Crippen LogP contribution >= 0.6 is 0 Å². The quantitative estimate of drug-likeness (QED) is 0.149. The van der Waals surface area contributed by atoms with Crippen LogP contribution in [0.2, 0.25) is 0 Å². The summed E-state index contributed by atoms with van der Waals surface area (Å²) >= 11 is 0. The number of fused-ring (bicyclic) bond motifs is 13. The van der Waals surface area contributed by atoms with Crippen molar-refractivity contribution >= 4 is 44.6 Å². The van der Waals surface area contributed by atoms with E-state index in [9.17, 15) is 0 Å². The number of aromatic nitrogens is 2. The zero-order valence-electron chi connectivity index (χ0n) is 53.9. The SMILES string of the molecule is [2H]c1c([2H])c([2H])c2c(c1[2H])c1ccc(Oc3[c-]c(N4[CH-]N(c5c(-c6cc(C(C)(C)C)cc(C(C)(C)C)c6)cccc5-c5cccc6c5-c5ccccc5C65c6ccccc6Cc6ccccc65)c5ccccc54)ccc3)[c-]c1n2-c1ccc(C(C)(C)C)cn1.[Pt]. The molecule has 1 aliphatic heterocycles. The van der Waals surface area contributed by atoms with Crippen LogP contribution in [-0.2, 0) is 49.1 Å². The molecule has 2 aliphatic carbocycles. The second-order valence-corrected chi connectivity index (χ2v) is 26.2. The largest absolute Gasteiger partial charge is 0.509 e. The van der Waals surface area contributed by atoms with Crippen molar-refractivity contribution in [1.82, 2.24) is 9.55 Å². The van der Waals surface area contributed by atoms with Crippen LogP contribution in [0.15, 0.2) is 224 Å². The summed E-state index contributed by atoms with van der Waals surface area (Å²) in [5.74, 6) is 1.34. The molecule has 0 N–H and O–H groups in total. The topological polar surface area (TPSA) is 33.5 Å². The van der Waals surface area contributed by atoms with Crippen molar-refractivity contribution in [3.05, 3.63) is 293 Å². The number of rotatable bonds is 7. The van der Waals surface area contributed by atoms with Gasteiger partial charge in [-0.25, -0.2) is 4.98 Å². The number of para-hydroxylation sites is 4. The molecular formula is C80H67N4OPt-3. The van der Waals surface area contributed by atoms with Gasteiger partial charge in [0.15, 0.2) is 0 Å². The summed E-state index contributed by atoms with van der Waals surface area (Å²) in [6.07, 6.45) is 2.71. The number of ether oxygens (including phenoxy) is 1. The Morgan fingerprint density at radius 1 is 0.512 bits per heavy atom. The van der Waals surface area contributed by atoms with Crippen LogP contribution in [0, 0.1) is 18.8 Å². The van der Waals surface area contributed by atoms with Crippen molar-refractivity contribution < 1.29 is 31.3 Å². The van der Waals surface area contributed by atoms with Gasteiger partial charge in [-0.2, -0.15) is 12.1 Å². The van der Waals surface area contributed by atoms with Crippen molar-refractivity contribution in [3.8, 4) is 50.7 Å². The Hall–Kier alpha value is -8.76. The van der Waals surface area contributed by atoms with Gasteiger partial charge in [-0.05, 0) is 125 Å². The maximum atomic E-state index is 9.16. The summed E-state index contributed by atoms with van der Waals surface area (Å²) in [7, 11) is 0. The molecule has 1 spiro atoms. The van der Waals surface area contributed by atoms with E-state index in [0.717, 1.165) is 57.0 Å². The van der Waals surface area contributed by atoms with Gasteiger partial charge in [0, 0.05) is 72.5 Å². The van der Waals surface area contributed by atoms with Crippen molar-refractivity contribution in [2.24, 2.45) is 0 Å². The van der Waals surface area contributed by atoms with E-state index in [1.807, 2.05) is 36.5 Å². The second kappa shape index (κ2) is 20.5. The Kier molecular flexibility index (Phi) is 12.0. The van der Waals surface area contributed by atoms with Gasteiger partial charge in [-0.15, -0.1) is 48.1 Å².